The van der Waals surface area contributed by atoms with E-state index >= 15 is 0 Å². The maximum absolute atomic E-state index is 12.4. The van der Waals surface area contributed by atoms with E-state index in [4.69, 9.17) is 0 Å². The van der Waals surface area contributed by atoms with Crippen molar-refractivity contribution in [3.63, 3.8) is 0 Å². The summed E-state index contributed by atoms with van der Waals surface area (Å²) in [6.45, 7) is 0. The van der Waals surface area contributed by atoms with Crippen LogP contribution < -0.4 is 0 Å². The number of amides is 2. The maximum atomic E-state index is 12.4. The van der Waals surface area contributed by atoms with E-state index in [2.05, 4.69) is 9.97 Å². The van der Waals surface area contributed by atoms with Gasteiger partial charge in [-0.25, -0.2) is 9.78 Å². The molecule has 0 bridgehead atoms. The van der Waals surface area contributed by atoms with Crippen LogP contribution in [0.15, 0.2) is 24.7 Å². The van der Waals surface area contributed by atoms with Crippen LogP contribution in [0.25, 0.3) is 0 Å². The Morgan fingerprint density at radius 2 is 1.95 bits per heavy atom. The van der Waals surface area contributed by atoms with E-state index in [-0.39, 0.29) is 18.2 Å². The Labute approximate surface area is 120 Å². The van der Waals surface area contributed by atoms with Gasteiger partial charge in [-0.1, -0.05) is 12.2 Å². The topological polar surface area (TPSA) is 103 Å². The van der Waals surface area contributed by atoms with Gasteiger partial charge in [-0.05, 0) is 12.8 Å². The molecule has 0 radical (unpaired) electrons. The van der Waals surface area contributed by atoms with Crippen LogP contribution in [0.2, 0.25) is 0 Å². The fourth-order valence-electron chi connectivity index (χ4n) is 3.03. The SMILES string of the molecule is O=C(O)C(Cc1cnc[nH]1)N1C(=O)C2CC=CCC2C1=O. The average Bonchev–Trinajstić information content (AvgIpc) is 3.06. The second-order valence-electron chi connectivity index (χ2n) is 5.34. The lowest BCUT2D eigenvalue weighted by Gasteiger charge is -2.22. The highest BCUT2D eigenvalue weighted by atomic mass is 16.4. The van der Waals surface area contributed by atoms with Gasteiger partial charge in [0.05, 0.1) is 18.2 Å². The lowest BCUT2D eigenvalue weighted by molar-refractivity contribution is -0.155. The van der Waals surface area contributed by atoms with Crippen LogP contribution in [0.5, 0.6) is 0 Å². The van der Waals surface area contributed by atoms with Gasteiger partial charge in [0.25, 0.3) is 0 Å². The molecule has 7 heteroatoms. The summed E-state index contributed by atoms with van der Waals surface area (Å²) in [5.74, 6) is -2.75. The van der Waals surface area contributed by atoms with Gasteiger partial charge >= 0.3 is 5.97 Å². The molecule has 1 saturated heterocycles. The number of aromatic amines is 1. The van der Waals surface area contributed by atoms with Crippen molar-refractivity contribution < 1.29 is 19.5 Å². The predicted molar refractivity (Wildman–Crippen MR) is 70.9 cm³/mol. The van der Waals surface area contributed by atoms with Crippen molar-refractivity contribution in [2.24, 2.45) is 11.8 Å². The first-order valence-electron chi connectivity index (χ1n) is 6.81. The highest BCUT2D eigenvalue weighted by Gasteiger charge is 2.51. The van der Waals surface area contributed by atoms with Gasteiger partial charge < -0.3 is 10.1 Å². The fourth-order valence-corrected chi connectivity index (χ4v) is 3.03. The third kappa shape index (κ3) is 2.24. The molecule has 2 amide bonds. The van der Waals surface area contributed by atoms with Gasteiger partial charge in [0.1, 0.15) is 6.04 Å². The van der Waals surface area contributed by atoms with Gasteiger partial charge in [0.15, 0.2) is 0 Å². The molecule has 3 rings (SSSR count). The largest absolute Gasteiger partial charge is 0.480 e. The van der Waals surface area contributed by atoms with E-state index in [0.29, 0.717) is 18.5 Å². The lowest BCUT2D eigenvalue weighted by atomic mass is 9.85. The van der Waals surface area contributed by atoms with Crippen LogP contribution in [0.4, 0.5) is 0 Å². The molecule has 2 heterocycles. The second-order valence-corrected chi connectivity index (χ2v) is 5.34. The van der Waals surface area contributed by atoms with Crippen molar-refractivity contribution in [1.29, 1.82) is 0 Å². The fraction of sp³-hybridized carbons (Fsp3) is 0.429. The number of aliphatic carboxylic acids is 1. The molecule has 2 N–H and O–H groups in total. The van der Waals surface area contributed by atoms with Crippen molar-refractivity contribution in [3.8, 4) is 0 Å². The van der Waals surface area contributed by atoms with Crippen LogP contribution in [0, 0.1) is 11.8 Å². The molecule has 1 aromatic heterocycles. The van der Waals surface area contributed by atoms with E-state index in [1.165, 1.54) is 12.5 Å². The molecular weight excluding hydrogens is 274 g/mol. The summed E-state index contributed by atoms with van der Waals surface area (Å²) < 4.78 is 0. The number of carbonyl (C=O) groups excluding carboxylic acids is 2. The van der Waals surface area contributed by atoms with E-state index in [1.807, 2.05) is 12.2 Å². The Hall–Kier alpha value is -2.44. The smallest absolute Gasteiger partial charge is 0.327 e. The number of carbonyl (C=O) groups is 3. The van der Waals surface area contributed by atoms with Crippen molar-refractivity contribution in [2.75, 3.05) is 0 Å². The number of carboxylic acids is 1. The second kappa shape index (κ2) is 5.16. The minimum atomic E-state index is -1.18. The minimum Gasteiger partial charge on any atom is -0.480 e. The van der Waals surface area contributed by atoms with Crippen molar-refractivity contribution in [2.45, 2.75) is 25.3 Å². The van der Waals surface area contributed by atoms with Crippen LogP contribution in [0.1, 0.15) is 18.5 Å². The summed E-state index contributed by atoms with van der Waals surface area (Å²) >= 11 is 0. The number of carboxylic acid groups (broad SMARTS) is 1. The zero-order valence-electron chi connectivity index (χ0n) is 11.2. The number of nitrogens with zero attached hydrogens (tertiary/aromatic N) is 2. The molecule has 7 nitrogen and oxygen atoms in total. The zero-order valence-corrected chi connectivity index (χ0v) is 11.2. The Morgan fingerprint density at radius 3 is 2.43 bits per heavy atom. The van der Waals surface area contributed by atoms with Crippen molar-refractivity contribution in [3.05, 3.63) is 30.4 Å². The molecule has 1 fully saturated rings. The number of nitrogens with one attached hydrogen (secondary N) is 1. The summed E-state index contributed by atoms with van der Waals surface area (Å²) in [4.78, 5) is 43.9. The molecule has 1 aliphatic carbocycles. The molecule has 1 aromatic rings. The normalized spacial score (nSPS) is 26.0. The van der Waals surface area contributed by atoms with E-state index < -0.39 is 23.8 Å². The molecular formula is C14H15N3O4. The highest BCUT2D eigenvalue weighted by molar-refractivity contribution is 6.08. The quantitative estimate of drug-likeness (QED) is 0.615. The summed E-state index contributed by atoms with van der Waals surface area (Å²) in [6.07, 6.45) is 7.73. The number of imidazole rings is 1. The first kappa shape index (κ1) is 13.5. The maximum Gasteiger partial charge on any atom is 0.327 e. The number of imide groups is 1. The van der Waals surface area contributed by atoms with E-state index in [0.717, 1.165) is 4.90 Å². The van der Waals surface area contributed by atoms with E-state index in [1.54, 1.807) is 0 Å². The molecule has 3 atom stereocenters. The Balaban J connectivity index is 1.87. The number of hydrogen-bond acceptors (Lipinski definition) is 4. The van der Waals surface area contributed by atoms with Gasteiger partial charge in [-0.3, -0.25) is 14.5 Å². The summed E-state index contributed by atoms with van der Waals surface area (Å²) in [7, 11) is 0. The Kier molecular flexibility index (Phi) is 3.32. The molecule has 0 aromatic carbocycles. The Bertz CT molecular complexity index is 582. The van der Waals surface area contributed by atoms with E-state index in [9.17, 15) is 19.5 Å². The van der Waals surface area contributed by atoms with Crippen molar-refractivity contribution in [1.82, 2.24) is 14.9 Å². The first-order chi connectivity index (χ1) is 10.1. The molecule has 0 saturated carbocycles. The number of allylic oxidation sites excluding steroid dienone is 2. The monoisotopic (exact) mass is 289 g/mol. The lowest BCUT2D eigenvalue weighted by Crippen LogP contribution is -2.46. The summed E-state index contributed by atoms with van der Waals surface area (Å²) in [6, 6.07) is -1.18. The molecule has 0 spiro atoms. The number of aromatic nitrogens is 2. The highest BCUT2D eigenvalue weighted by Crippen LogP contribution is 2.36. The molecule has 110 valence electrons. The van der Waals surface area contributed by atoms with Crippen LogP contribution in [-0.2, 0) is 20.8 Å². The number of rotatable bonds is 4. The van der Waals surface area contributed by atoms with Gasteiger partial charge in [0.2, 0.25) is 11.8 Å². The summed E-state index contributed by atoms with van der Waals surface area (Å²) in [5, 5.41) is 9.41. The van der Waals surface area contributed by atoms with Crippen LogP contribution in [0.3, 0.4) is 0 Å². The third-order valence-electron chi connectivity index (χ3n) is 4.11. The zero-order chi connectivity index (χ0) is 15.0. The predicted octanol–water partition coefficient (Wildman–Crippen LogP) is 0.357. The number of likely N-dealkylation sites (tertiary alicyclic amines) is 1. The van der Waals surface area contributed by atoms with Crippen LogP contribution in [-0.4, -0.2) is 43.8 Å². The number of H-pyrrole nitrogens is 1. The minimum absolute atomic E-state index is 0.0414. The number of hydrogen-bond donors (Lipinski definition) is 2. The van der Waals surface area contributed by atoms with Gasteiger partial charge in [-0.2, -0.15) is 0 Å². The third-order valence-corrected chi connectivity index (χ3v) is 4.11. The van der Waals surface area contributed by atoms with Crippen molar-refractivity contribution >= 4 is 17.8 Å². The molecule has 1 aliphatic heterocycles. The number of fused-ring (bicyclic) bond motifs is 1. The van der Waals surface area contributed by atoms with Crippen LogP contribution >= 0.6 is 0 Å². The average molecular weight is 289 g/mol. The Morgan fingerprint density at radius 1 is 1.33 bits per heavy atom. The molecule has 3 unspecified atom stereocenters. The van der Waals surface area contributed by atoms with Gasteiger partial charge in [0, 0.05) is 18.3 Å². The van der Waals surface area contributed by atoms with Gasteiger partial charge in [-0.15, -0.1) is 0 Å². The molecule has 21 heavy (non-hydrogen) atoms. The standard InChI is InChI=1S/C14H15N3O4/c18-12-9-3-1-2-4-10(9)13(19)17(12)11(14(20)21)5-8-6-15-7-16-8/h1-2,6-7,9-11H,3-5H2,(H,15,16)(H,20,21). The molecule has 2 aliphatic rings. The first-order valence-corrected chi connectivity index (χ1v) is 6.81. The summed E-state index contributed by atoms with van der Waals surface area (Å²) in [5.41, 5.74) is 0.580.